The van der Waals surface area contributed by atoms with Gasteiger partial charge in [-0.2, -0.15) is 0 Å². The number of fused-ring (bicyclic) bond motifs is 1. The number of thiazole rings is 1. The second kappa shape index (κ2) is 7.31. The van der Waals surface area contributed by atoms with Crippen molar-refractivity contribution in [3.05, 3.63) is 80.4 Å². The van der Waals surface area contributed by atoms with Crippen LogP contribution in [-0.4, -0.2) is 16.4 Å². The minimum atomic E-state index is -0.0235. The number of hydrogen-bond donors (Lipinski definition) is 1. The van der Waals surface area contributed by atoms with E-state index < -0.39 is 0 Å². The lowest BCUT2D eigenvalue weighted by atomic mass is 10.2. The van der Waals surface area contributed by atoms with E-state index in [1.165, 1.54) is 16.2 Å². The Morgan fingerprint density at radius 1 is 1.19 bits per heavy atom. The Bertz CT molecular complexity index is 1140. The Labute approximate surface area is 165 Å². The summed E-state index contributed by atoms with van der Waals surface area (Å²) in [4.78, 5) is 18.8. The van der Waals surface area contributed by atoms with Crippen LogP contribution in [0.25, 0.3) is 16.3 Å². The van der Waals surface area contributed by atoms with Gasteiger partial charge in [0.25, 0.3) is 5.56 Å². The van der Waals surface area contributed by atoms with Crippen molar-refractivity contribution in [2.45, 2.75) is 20.0 Å². The number of quaternary nitrogens is 1. The fourth-order valence-electron chi connectivity index (χ4n) is 3.10. The zero-order valence-corrected chi connectivity index (χ0v) is 16.6. The summed E-state index contributed by atoms with van der Waals surface area (Å²) in [5, 5.41) is 2.65. The molecule has 0 amide bonds. The first-order valence-electron chi connectivity index (χ1n) is 8.62. The zero-order chi connectivity index (χ0) is 19.0. The highest BCUT2D eigenvalue weighted by atomic mass is 35.5. The van der Waals surface area contributed by atoms with Gasteiger partial charge in [0.2, 0.25) is 0 Å². The number of nitrogens with one attached hydrogen (secondary N) is 1. The molecule has 1 N–H and O–H groups in total. The van der Waals surface area contributed by atoms with Crippen LogP contribution in [0.1, 0.15) is 17.1 Å². The highest BCUT2D eigenvalue weighted by Crippen LogP contribution is 2.23. The summed E-state index contributed by atoms with van der Waals surface area (Å²) in [6, 6.07) is 13.2. The number of hydrogen-bond acceptors (Lipinski definition) is 4. The van der Waals surface area contributed by atoms with E-state index in [1.54, 1.807) is 10.5 Å². The van der Waals surface area contributed by atoms with Crippen molar-refractivity contribution in [3.8, 4) is 11.3 Å². The first-order valence-corrected chi connectivity index (χ1v) is 9.88. The maximum Gasteiger partial charge on any atom is 0.259 e. The molecule has 3 heterocycles. The standard InChI is InChI=1S/C20H18ClN3O2S/c1-13-12-27-20-22-16(9-19(25)24(13)20)10-23(2)11-17-7-8-18(26-17)14-3-5-15(21)6-4-14/h3-9,12H,10-11H2,1-2H3/p+1. The van der Waals surface area contributed by atoms with Gasteiger partial charge in [0.05, 0.1) is 7.05 Å². The molecule has 4 rings (SSSR count). The third-order valence-corrected chi connectivity index (χ3v) is 5.57. The van der Waals surface area contributed by atoms with Gasteiger partial charge in [-0.1, -0.05) is 11.6 Å². The Kier molecular flexibility index (Phi) is 4.86. The van der Waals surface area contributed by atoms with E-state index in [1.807, 2.05) is 48.7 Å². The summed E-state index contributed by atoms with van der Waals surface area (Å²) in [5.41, 5.74) is 2.69. The van der Waals surface area contributed by atoms with E-state index in [4.69, 9.17) is 16.0 Å². The van der Waals surface area contributed by atoms with Crippen LogP contribution in [0.3, 0.4) is 0 Å². The third-order valence-electron chi connectivity index (χ3n) is 4.38. The van der Waals surface area contributed by atoms with Gasteiger partial charge in [-0.15, -0.1) is 11.3 Å². The van der Waals surface area contributed by atoms with Gasteiger partial charge in [0.1, 0.15) is 24.5 Å². The summed E-state index contributed by atoms with van der Waals surface area (Å²) >= 11 is 7.43. The molecule has 1 atom stereocenters. The van der Waals surface area contributed by atoms with Crippen LogP contribution in [0.4, 0.5) is 0 Å². The summed E-state index contributed by atoms with van der Waals surface area (Å²) in [7, 11) is 2.06. The molecular weight excluding hydrogens is 382 g/mol. The van der Waals surface area contributed by atoms with Gasteiger partial charge in [-0.25, -0.2) is 4.98 Å². The lowest BCUT2D eigenvalue weighted by molar-refractivity contribution is -0.909. The average Bonchev–Trinajstić information content (AvgIpc) is 3.23. The first kappa shape index (κ1) is 18.0. The van der Waals surface area contributed by atoms with Gasteiger partial charge < -0.3 is 9.32 Å². The minimum Gasteiger partial charge on any atom is -0.455 e. The van der Waals surface area contributed by atoms with Gasteiger partial charge in [-0.05, 0) is 43.3 Å². The molecular formula is C20H19ClN3O2S+. The molecule has 0 saturated carbocycles. The molecule has 0 aliphatic carbocycles. The number of aromatic nitrogens is 2. The third kappa shape index (κ3) is 3.83. The maximum absolute atomic E-state index is 12.3. The number of nitrogens with zero attached hydrogens (tertiary/aromatic N) is 2. The molecule has 1 aromatic carbocycles. The first-order chi connectivity index (χ1) is 13.0. The van der Waals surface area contributed by atoms with E-state index in [-0.39, 0.29) is 5.56 Å². The van der Waals surface area contributed by atoms with E-state index in [0.29, 0.717) is 18.1 Å². The molecule has 1 unspecified atom stereocenters. The molecule has 7 heteroatoms. The van der Waals surface area contributed by atoms with Crippen molar-refractivity contribution in [2.75, 3.05) is 7.05 Å². The maximum atomic E-state index is 12.3. The molecule has 0 radical (unpaired) electrons. The summed E-state index contributed by atoms with van der Waals surface area (Å²) in [6.45, 7) is 3.27. The smallest absolute Gasteiger partial charge is 0.259 e. The van der Waals surface area contributed by atoms with E-state index >= 15 is 0 Å². The Morgan fingerprint density at radius 2 is 1.96 bits per heavy atom. The molecule has 0 spiro atoms. The molecule has 3 aromatic heterocycles. The number of furan rings is 1. The number of aryl methyl sites for hydroxylation is 1. The fraction of sp³-hybridized carbons (Fsp3) is 0.200. The summed E-state index contributed by atoms with van der Waals surface area (Å²) in [6.07, 6.45) is 0. The van der Waals surface area contributed by atoms with Crippen molar-refractivity contribution in [2.24, 2.45) is 0 Å². The van der Waals surface area contributed by atoms with E-state index in [0.717, 1.165) is 33.4 Å². The normalized spacial score (nSPS) is 12.6. The SMILES string of the molecule is Cc1csc2nc(C[NH+](C)Cc3ccc(-c4ccc(Cl)cc4)o3)cc(=O)n12. The quantitative estimate of drug-likeness (QED) is 0.559. The fourth-order valence-corrected chi connectivity index (χ4v) is 4.12. The van der Waals surface area contributed by atoms with Crippen molar-refractivity contribution in [1.82, 2.24) is 9.38 Å². The molecule has 0 aliphatic heterocycles. The Hall–Kier alpha value is -2.41. The number of rotatable bonds is 5. The molecule has 5 nitrogen and oxygen atoms in total. The van der Waals surface area contributed by atoms with Crippen LogP contribution in [0.15, 0.2) is 57.1 Å². The van der Waals surface area contributed by atoms with Gasteiger partial charge >= 0.3 is 0 Å². The van der Waals surface area contributed by atoms with Crippen LogP contribution in [-0.2, 0) is 13.1 Å². The van der Waals surface area contributed by atoms with Gasteiger partial charge in [0.15, 0.2) is 10.7 Å². The van der Waals surface area contributed by atoms with E-state index in [9.17, 15) is 4.79 Å². The predicted octanol–water partition coefficient (Wildman–Crippen LogP) is 3.19. The zero-order valence-electron chi connectivity index (χ0n) is 15.0. The molecule has 0 aliphatic rings. The molecule has 0 saturated heterocycles. The Morgan fingerprint density at radius 3 is 2.74 bits per heavy atom. The highest BCUT2D eigenvalue weighted by Gasteiger charge is 2.13. The monoisotopic (exact) mass is 400 g/mol. The molecule has 4 aromatic rings. The van der Waals surface area contributed by atoms with E-state index in [2.05, 4.69) is 12.0 Å². The van der Waals surface area contributed by atoms with Crippen LogP contribution in [0.2, 0.25) is 5.02 Å². The lowest BCUT2D eigenvalue weighted by Crippen LogP contribution is -3.06. The lowest BCUT2D eigenvalue weighted by Gasteiger charge is -2.12. The highest BCUT2D eigenvalue weighted by molar-refractivity contribution is 7.15. The van der Waals surface area contributed by atoms with Crippen LogP contribution in [0.5, 0.6) is 0 Å². The van der Waals surface area contributed by atoms with Crippen LogP contribution < -0.4 is 10.5 Å². The van der Waals surface area contributed by atoms with Crippen LogP contribution in [0, 0.1) is 6.92 Å². The van der Waals surface area contributed by atoms with Gasteiger partial charge in [-0.3, -0.25) is 9.20 Å². The van der Waals surface area contributed by atoms with Crippen molar-refractivity contribution in [1.29, 1.82) is 0 Å². The van der Waals surface area contributed by atoms with Crippen molar-refractivity contribution >= 4 is 27.9 Å². The van der Waals surface area contributed by atoms with Crippen molar-refractivity contribution in [3.63, 3.8) is 0 Å². The number of benzene rings is 1. The van der Waals surface area contributed by atoms with Gasteiger partial charge in [0, 0.05) is 27.7 Å². The van der Waals surface area contributed by atoms with Crippen molar-refractivity contribution < 1.29 is 9.32 Å². The van der Waals surface area contributed by atoms with Crippen LogP contribution >= 0.6 is 22.9 Å². The molecule has 0 fully saturated rings. The Balaban J connectivity index is 1.47. The summed E-state index contributed by atoms with van der Waals surface area (Å²) in [5.74, 6) is 1.71. The average molecular weight is 401 g/mol. The topological polar surface area (TPSA) is 52.0 Å². The number of halogens is 1. The minimum absolute atomic E-state index is 0.0235. The largest absolute Gasteiger partial charge is 0.455 e. The predicted molar refractivity (Wildman–Crippen MR) is 108 cm³/mol. The summed E-state index contributed by atoms with van der Waals surface area (Å²) < 4.78 is 7.61. The second-order valence-corrected chi connectivity index (χ2v) is 7.94. The second-order valence-electron chi connectivity index (χ2n) is 6.66. The molecule has 138 valence electrons. The molecule has 27 heavy (non-hydrogen) atoms. The molecule has 0 bridgehead atoms.